The number of aliphatic hydroxyl groups is 1. The molecule has 0 unspecified atom stereocenters. The highest BCUT2D eigenvalue weighted by Crippen LogP contribution is 2.49. The van der Waals surface area contributed by atoms with Crippen molar-refractivity contribution in [1.82, 2.24) is 4.72 Å². The number of sulfonamides is 1. The number of hydrogen-bond donors (Lipinski definition) is 2. The van der Waals surface area contributed by atoms with Crippen LogP contribution in [0.2, 0.25) is 0 Å². The van der Waals surface area contributed by atoms with Gasteiger partial charge in [-0.3, -0.25) is 0 Å². The first kappa shape index (κ1) is 15.3. The van der Waals surface area contributed by atoms with Crippen LogP contribution in [0.1, 0.15) is 24.0 Å². The fraction of sp³-hybridized carbons (Fsp3) is 0.500. The van der Waals surface area contributed by atoms with Crippen LogP contribution in [0.4, 0.5) is 13.2 Å². The minimum absolute atomic E-state index is 0.230. The van der Waals surface area contributed by atoms with E-state index in [1.807, 2.05) is 0 Å². The van der Waals surface area contributed by atoms with E-state index in [9.17, 15) is 21.6 Å². The molecule has 8 heteroatoms. The monoisotopic (exact) mass is 309 g/mol. The maximum atomic E-state index is 12.7. The molecule has 0 amide bonds. The van der Waals surface area contributed by atoms with Gasteiger partial charge in [0.05, 0.1) is 12.4 Å². The van der Waals surface area contributed by atoms with Gasteiger partial charge in [-0.05, 0) is 24.0 Å². The summed E-state index contributed by atoms with van der Waals surface area (Å²) in [4.78, 5) is 0. The first-order valence-electron chi connectivity index (χ1n) is 5.94. The topological polar surface area (TPSA) is 66.4 Å². The molecule has 20 heavy (non-hydrogen) atoms. The fourth-order valence-electron chi connectivity index (χ4n) is 1.94. The molecule has 0 heterocycles. The molecule has 0 atom stereocenters. The number of rotatable bonds is 5. The zero-order valence-electron chi connectivity index (χ0n) is 10.4. The van der Waals surface area contributed by atoms with Gasteiger partial charge in [0.25, 0.3) is 0 Å². The van der Waals surface area contributed by atoms with Crippen molar-refractivity contribution >= 4 is 10.0 Å². The summed E-state index contributed by atoms with van der Waals surface area (Å²) in [6.07, 6.45) is -5.04. The lowest BCUT2D eigenvalue weighted by molar-refractivity contribution is -0.160. The summed E-state index contributed by atoms with van der Waals surface area (Å²) >= 11 is 0. The van der Waals surface area contributed by atoms with Gasteiger partial charge in [0.15, 0.2) is 0 Å². The van der Waals surface area contributed by atoms with E-state index in [0.29, 0.717) is 11.1 Å². The summed E-state index contributed by atoms with van der Waals surface area (Å²) in [6.45, 7) is -0.256. The van der Waals surface area contributed by atoms with Crippen molar-refractivity contribution in [2.45, 2.75) is 36.9 Å². The van der Waals surface area contributed by atoms with Crippen molar-refractivity contribution in [3.63, 3.8) is 0 Å². The normalized spacial score (nSPS) is 18.0. The summed E-state index contributed by atoms with van der Waals surface area (Å²) in [6, 6.07) is 6.09. The Morgan fingerprint density at radius 1 is 1.25 bits per heavy atom. The molecule has 0 spiro atoms. The Hall–Kier alpha value is -1.12. The summed E-state index contributed by atoms with van der Waals surface area (Å²) in [5, 5.41) is 8.95. The van der Waals surface area contributed by atoms with E-state index in [2.05, 4.69) is 0 Å². The van der Waals surface area contributed by atoms with Crippen LogP contribution in [0.15, 0.2) is 24.3 Å². The molecule has 0 radical (unpaired) electrons. The number of hydrogen-bond acceptors (Lipinski definition) is 3. The lowest BCUT2D eigenvalue weighted by Gasteiger charge is -2.20. The van der Waals surface area contributed by atoms with Crippen LogP contribution in [-0.4, -0.2) is 25.2 Å². The van der Waals surface area contributed by atoms with Gasteiger partial charge in [0.2, 0.25) is 10.0 Å². The van der Waals surface area contributed by atoms with Crippen LogP contribution in [0.3, 0.4) is 0 Å². The average molecular weight is 309 g/mol. The molecular weight excluding hydrogens is 295 g/mol. The van der Waals surface area contributed by atoms with E-state index in [4.69, 9.17) is 5.11 Å². The maximum absolute atomic E-state index is 12.7. The first-order chi connectivity index (χ1) is 9.17. The maximum Gasteiger partial charge on any atom is 0.407 e. The highest BCUT2D eigenvalue weighted by Gasteiger charge is 2.65. The molecule has 0 aromatic heterocycles. The summed E-state index contributed by atoms with van der Waals surface area (Å²) < 4.78 is 63.6. The molecular formula is C12H14F3NO3S. The summed E-state index contributed by atoms with van der Waals surface area (Å²) in [5.74, 6) is -0.543. The second-order valence-corrected chi connectivity index (χ2v) is 6.64. The fourth-order valence-corrected chi connectivity index (χ4v) is 3.55. The van der Waals surface area contributed by atoms with Crippen LogP contribution >= 0.6 is 0 Å². The Kier molecular flexibility index (Phi) is 3.83. The Balaban J connectivity index is 2.12. The van der Waals surface area contributed by atoms with Crippen molar-refractivity contribution in [3.8, 4) is 0 Å². The van der Waals surface area contributed by atoms with Crippen molar-refractivity contribution in [2.24, 2.45) is 0 Å². The lowest BCUT2D eigenvalue weighted by Crippen LogP contribution is -2.48. The molecule has 2 N–H and O–H groups in total. The molecule has 112 valence electrons. The number of halogens is 3. The molecule has 0 saturated heterocycles. The molecule has 1 fully saturated rings. The number of aliphatic hydroxyl groups excluding tert-OH is 1. The predicted molar refractivity (Wildman–Crippen MR) is 66.1 cm³/mol. The molecule has 0 bridgehead atoms. The Labute approximate surface area is 114 Å². The van der Waals surface area contributed by atoms with Crippen LogP contribution in [-0.2, 0) is 22.4 Å². The van der Waals surface area contributed by atoms with Gasteiger partial charge in [-0.25, -0.2) is 8.42 Å². The van der Waals surface area contributed by atoms with Crippen LogP contribution in [0.25, 0.3) is 0 Å². The van der Waals surface area contributed by atoms with E-state index < -0.39 is 27.5 Å². The minimum atomic E-state index is -4.58. The Morgan fingerprint density at radius 2 is 1.85 bits per heavy atom. The van der Waals surface area contributed by atoms with E-state index in [1.165, 1.54) is 12.1 Å². The molecule has 4 nitrogen and oxygen atoms in total. The molecule has 1 aromatic rings. The van der Waals surface area contributed by atoms with Gasteiger partial charge >= 0.3 is 6.18 Å². The minimum Gasteiger partial charge on any atom is -0.392 e. The standard InChI is InChI=1S/C12H14F3NO3S/c13-12(14,15)11(4-5-11)16-20(18,19)8-10-3-1-2-9(6-10)7-17/h1-3,6,16-17H,4-5,7-8H2. The van der Waals surface area contributed by atoms with Gasteiger partial charge in [0.1, 0.15) is 5.54 Å². The van der Waals surface area contributed by atoms with Crippen molar-refractivity contribution in [2.75, 3.05) is 0 Å². The largest absolute Gasteiger partial charge is 0.407 e. The number of nitrogens with one attached hydrogen (secondary N) is 1. The van der Waals surface area contributed by atoms with Crippen molar-refractivity contribution in [3.05, 3.63) is 35.4 Å². The highest BCUT2D eigenvalue weighted by atomic mass is 32.2. The van der Waals surface area contributed by atoms with E-state index >= 15 is 0 Å². The zero-order chi connectivity index (χ0) is 15.0. The number of alkyl halides is 3. The third-order valence-corrected chi connectivity index (χ3v) is 4.59. The molecule has 1 aliphatic carbocycles. The third-order valence-electron chi connectivity index (χ3n) is 3.17. The zero-order valence-corrected chi connectivity index (χ0v) is 11.3. The van der Waals surface area contributed by atoms with Gasteiger partial charge in [-0.15, -0.1) is 0 Å². The SMILES string of the molecule is O=S(=O)(Cc1cccc(CO)c1)NC1(C(F)(F)F)CC1. The van der Waals surface area contributed by atoms with E-state index in [1.54, 1.807) is 16.9 Å². The molecule has 1 aromatic carbocycles. The summed E-state index contributed by atoms with van der Waals surface area (Å²) in [7, 11) is -4.09. The average Bonchev–Trinajstić information content (AvgIpc) is 3.08. The molecule has 2 rings (SSSR count). The van der Waals surface area contributed by atoms with Crippen molar-refractivity contribution in [1.29, 1.82) is 0 Å². The quantitative estimate of drug-likeness (QED) is 0.870. The second-order valence-electron chi connectivity index (χ2n) is 4.92. The molecule has 0 aliphatic heterocycles. The van der Waals surface area contributed by atoms with Gasteiger partial charge in [-0.1, -0.05) is 24.3 Å². The van der Waals surface area contributed by atoms with E-state index in [-0.39, 0.29) is 19.4 Å². The number of benzene rings is 1. The van der Waals surface area contributed by atoms with Crippen LogP contribution in [0, 0.1) is 0 Å². The lowest BCUT2D eigenvalue weighted by atomic mass is 10.1. The van der Waals surface area contributed by atoms with Gasteiger partial charge < -0.3 is 5.11 Å². The molecule has 1 saturated carbocycles. The Morgan fingerprint density at radius 3 is 2.35 bits per heavy atom. The Bertz CT molecular complexity index is 594. The van der Waals surface area contributed by atoms with Crippen LogP contribution < -0.4 is 4.72 Å². The predicted octanol–water partition coefficient (Wildman–Crippen LogP) is 1.69. The third kappa shape index (κ3) is 3.31. The van der Waals surface area contributed by atoms with E-state index in [0.717, 1.165) is 0 Å². The molecule has 1 aliphatic rings. The van der Waals surface area contributed by atoms with Gasteiger partial charge in [0, 0.05) is 0 Å². The smallest absolute Gasteiger partial charge is 0.392 e. The summed E-state index contributed by atoms with van der Waals surface area (Å²) in [5.41, 5.74) is -1.45. The first-order valence-corrected chi connectivity index (χ1v) is 7.60. The highest BCUT2D eigenvalue weighted by molar-refractivity contribution is 7.88. The van der Waals surface area contributed by atoms with Crippen molar-refractivity contribution < 1.29 is 26.7 Å². The van der Waals surface area contributed by atoms with Gasteiger partial charge in [-0.2, -0.15) is 17.9 Å². The van der Waals surface area contributed by atoms with Crippen LogP contribution in [0.5, 0.6) is 0 Å². The second kappa shape index (κ2) is 5.01.